The molecule has 1 atom stereocenters. The zero-order valence-corrected chi connectivity index (χ0v) is 13.2. The van der Waals surface area contributed by atoms with E-state index in [-0.39, 0.29) is 30.6 Å². The van der Waals surface area contributed by atoms with Gasteiger partial charge in [0, 0.05) is 16.9 Å². The number of carbonyl (C=O) groups excluding carboxylic acids is 1. The number of carboxylic acids is 1. The average molecular weight is 332 g/mol. The summed E-state index contributed by atoms with van der Waals surface area (Å²) in [4.78, 5) is 28.8. The average Bonchev–Trinajstić information content (AvgIpc) is 2.91. The number of aliphatic carboxylic acids is 1. The van der Waals surface area contributed by atoms with Crippen LogP contribution in [0, 0.1) is 0 Å². The largest absolute Gasteiger partial charge is 0.481 e. The Morgan fingerprint density at radius 2 is 2.26 bits per heavy atom. The summed E-state index contributed by atoms with van der Waals surface area (Å²) in [5, 5.41) is 18.7. The second kappa shape index (κ2) is 5.45. The molecule has 1 aromatic rings. The molecule has 1 amide bonds. The summed E-state index contributed by atoms with van der Waals surface area (Å²) in [6, 6.07) is 0. The summed E-state index contributed by atoms with van der Waals surface area (Å²) < 4.78 is 0. The molecule has 1 unspecified atom stereocenters. The van der Waals surface area contributed by atoms with E-state index in [9.17, 15) is 9.59 Å². The van der Waals surface area contributed by atoms with Crippen molar-refractivity contribution in [3.63, 3.8) is 0 Å². The molecule has 1 aliphatic carbocycles. The Kier molecular flexibility index (Phi) is 3.41. The van der Waals surface area contributed by atoms with Gasteiger partial charge >= 0.3 is 5.97 Å². The van der Waals surface area contributed by atoms with Crippen molar-refractivity contribution in [2.45, 2.75) is 44.7 Å². The summed E-state index contributed by atoms with van der Waals surface area (Å²) in [7, 11) is 0. The number of aryl methyl sites for hydroxylation is 1. The first-order chi connectivity index (χ1) is 11.1. The molecule has 0 radical (unpaired) electrons. The van der Waals surface area contributed by atoms with Crippen LogP contribution in [-0.2, 0) is 22.4 Å². The van der Waals surface area contributed by atoms with Gasteiger partial charge in [-0.05, 0) is 31.2 Å². The first kappa shape index (κ1) is 14.4. The number of rotatable bonds is 3. The highest BCUT2D eigenvalue weighted by atomic mass is 32.1. The van der Waals surface area contributed by atoms with Gasteiger partial charge in [-0.25, -0.2) is 10.0 Å². The molecule has 23 heavy (non-hydrogen) atoms. The highest BCUT2D eigenvalue weighted by Gasteiger charge is 2.36. The zero-order valence-electron chi connectivity index (χ0n) is 12.4. The quantitative estimate of drug-likeness (QED) is 0.884. The third kappa shape index (κ3) is 2.42. The van der Waals surface area contributed by atoms with Gasteiger partial charge in [-0.1, -0.05) is 0 Å². The summed E-state index contributed by atoms with van der Waals surface area (Å²) in [5.74, 6) is -1.23. The van der Waals surface area contributed by atoms with Crippen LogP contribution >= 0.6 is 11.3 Å². The van der Waals surface area contributed by atoms with Crippen molar-refractivity contribution in [3.8, 4) is 0 Å². The number of thiophene rings is 1. The van der Waals surface area contributed by atoms with E-state index in [0.29, 0.717) is 0 Å². The predicted octanol–water partition coefficient (Wildman–Crippen LogP) is 1.95. The molecule has 3 aliphatic rings. The number of hydrogen-bond acceptors (Lipinski definition) is 6. The van der Waals surface area contributed by atoms with Crippen molar-refractivity contribution < 1.29 is 14.7 Å². The van der Waals surface area contributed by atoms with Crippen LogP contribution in [-0.4, -0.2) is 34.0 Å². The maximum Gasteiger partial charge on any atom is 0.303 e. The minimum absolute atomic E-state index is 0.110. The lowest BCUT2D eigenvalue weighted by Gasteiger charge is -2.34. The van der Waals surface area contributed by atoms with Crippen LogP contribution in [0.25, 0.3) is 0 Å². The Morgan fingerprint density at radius 3 is 3.09 bits per heavy atom. The molecule has 4 rings (SSSR count). The smallest absolute Gasteiger partial charge is 0.303 e. The van der Waals surface area contributed by atoms with Crippen LogP contribution in [0.2, 0.25) is 0 Å². The summed E-state index contributed by atoms with van der Waals surface area (Å²) in [6.07, 6.45) is 5.77. The Morgan fingerprint density at radius 1 is 1.43 bits per heavy atom. The lowest BCUT2D eigenvalue weighted by molar-refractivity contribution is -0.136. The van der Waals surface area contributed by atoms with Gasteiger partial charge in [0.15, 0.2) is 6.17 Å². The van der Waals surface area contributed by atoms with E-state index in [1.54, 1.807) is 22.7 Å². The number of hydrazone groups is 1. The lowest BCUT2D eigenvalue weighted by atomic mass is 9.93. The van der Waals surface area contributed by atoms with Crippen LogP contribution in [0.1, 0.15) is 47.9 Å². The highest BCUT2D eigenvalue weighted by molar-refractivity contribution is 7.16. The normalized spacial score (nSPS) is 21.9. The predicted molar refractivity (Wildman–Crippen MR) is 86.1 cm³/mol. The number of aliphatic imine (C=N–C) groups is 1. The van der Waals surface area contributed by atoms with E-state index < -0.39 is 5.97 Å². The van der Waals surface area contributed by atoms with Gasteiger partial charge in [-0.2, -0.15) is 5.10 Å². The van der Waals surface area contributed by atoms with Gasteiger partial charge < -0.3 is 10.4 Å². The van der Waals surface area contributed by atoms with E-state index in [0.717, 1.165) is 29.8 Å². The van der Waals surface area contributed by atoms with Crippen LogP contribution in [0.3, 0.4) is 0 Å². The van der Waals surface area contributed by atoms with E-state index in [4.69, 9.17) is 5.11 Å². The summed E-state index contributed by atoms with van der Waals surface area (Å²) in [6.45, 7) is 0. The van der Waals surface area contributed by atoms with Gasteiger partial charge in [0.25, 0.3) is 5.91 Å². The number of carboxylic acid groups (broad SMARTS) is 1. The molecule has 0 aromatic carbocycles. The maximum absolute atomic E-state index is 12.3. The summed E-state index contributed by atoms with van der Waals surface area (Å²) in [5.41, 5.74) is 2.62. The van der Waals surface area contributed by atoms with Gasteiger partial charge in [-0.15, -0.1) is 11.3 Å². The Hall–Kier alpha value is -2.22. The number of carbonyl (C=O) groups is 2. The molecule has 3 heterocycles. The molecule has 8 heteroatoms. The summed E-state index contributed by atoms with van der Waals surface area (Å²) >= 11 is 1.71. The van der Waals surface area contributed by atoms with E-state index in [1.807, 2.05) is 0 Å². The monoisotopic (exact) mass is 332 g/mol. The second-order valence-corrected chi connectivity index (χ2v) is 6.95. The number of hydrogen-bond donors (Lipinski definition) is 2. The Bertz CT molecular complexity index is 752. The molecular weight excluding hydrogens is 316 g/mol. The van der Waals surface area contributed by atoms with Crippen molar-refractivity contribution in [2.75, 3.05) is 0 Å². The SMILES string of the molecule is O=C(O)CCC1=NN2C=Nc3sc4c(c3C2NC1=O)CCCC4. The molecule has 0 saturated carbocycles. The van der Waals surface area contributed by atoms with Crippen molar-refractivity contribution in [2.24, 2.45) is 10.1 Å². The van der Waals surface area contributed by atoms with E-state index in [1.165, 1.54) is 16.9 Å². The number of amides is 1. The molecule has 2 N–H and O–H groups in total. The third-order valence-corrected chi connectivity index (χ3v) is 5.58. The molecule has 0 bridgehead atoms. The lowest BCUT2D eigenvalue weighted by Crippen LogP contribution is -2.48. The zero-order chi connectivity index (χ0) is 16.0. The fourth-order valence-electron chi connectivity index (χ4n) is 3.27. The van der Waals surface area contributed by atoms with Crippen LogP contribution < -0.4 is 5.32 Å². The number of nitrogens with one attached hydrogen (secondary N) is 1. The van der Waals surface area contributed by atoms with E-state index >= 15 is 0 Å². The van der Waals surface area contributed by atoms with Crippen molar-refractivity contribution in [1.82, 2.24) is 10.3 Å². The minimum Gasteiger partial charge on any atom is -0.481 e. The van der Waals surface area contributed by atoms with Gasteiger partial charge in [0.05, 0.1) is 6.42 Å². The molecule has 0 spiro atoms. The number of nitrogens with zero attached hydrogens (tertiary/aromatic N) is 3. The maximum atomic E-state index is 12.3. The molecular formula is C15H16N4O3S. The Labute approximate surface area is 136 Å². The molecule has 1 aromatic heterocycles. The van der Waals surface area contributed by atoms with Crippen LogP contribution in [0.15, 0.2) is 10.1 Å². The number of fused-ring (bicyclic) bond motifs is 5. The van der Waals surface area contributed by atoms with Gasteiger partial charge in [-0.3, -0.25) is 9.59 Å². The molecule has 7 nitrogen and oxygen atoms in total. The van der Waals surface area contributed by atoms with Gasteiger partial charge in [0.2, 0.25) is 0 Å². The molecule has 0 fully saturated rings. The first-order valence-electron chi connectivity index (χ1n) is 7.70. The highest BCUT2D eigenvalue weighted by Crippen LogP contribution is 2.45. The van der Waals surface area contributed by atoms with Crippen molar-refractivity contribution in [3.05, 3.63) is 16.0 Å². The molecule has 0 saturated heterocycles. The first-order valence-corrected chi connectivity index (χ1v) is 8.52. The fraction of sp³-hybridized carbons (Fsp3) is 0.467. The van der Waals surface area contributed by atoms with Crippen molar-refractivity contribution >= 4 is 40.3 Å². The Balaban J connectivity index is 1.67. The van der Waals surface area contributed by atoms with Crippen LogP contribution in [0.5, 0.6) is 0 Å². The van der Waals surface area contributed by atoms with E-state index in [2.05, 4.69) is 15.4 Å². The van der Waals surface area contributed by atoms with Gasteiger partial charge in [0.1, 0.15) is 17.1 Å². The minimum atomic E-state index is -0.941. The van der Waals surface area contributed by atoms with Crippen molar-refractivity contribution in [1.29, 1.82) is 0 Å². The van der Waals surface area contributed by atoms with Crippen LogP contribution in [0.4, 0.5) is 5.00 Å². The second-order valence-electron chi connectivity index (χ2n) is 5.87. The fourth-order valence-corrected chi connectivity index (χ4v) is 4.53. The molecule has 120 valence electrons. The topological polar surface area (TPSA) is 94.4 Å². The third-order valence-electron chi connectivity index (χ3n) is 4.37. The standard InChI is InChI=1S/C15H16N4O3S/c20-11(21)6-5-9-14(22)17-13-12-8-3-1-2-4-10(8)23-15(12)16-7-19(13)18-9/h7,13H,1-6H2,(H,17,22)(H,20,21). The molecule has 2 aliphatic heterocycles.